The third-order valence-corrected chi connectivity index (χ3v) is 5.21. The van der Waals surface area contributed by atoms with Crippen LogP contribution in [0.25, 0.3) is 11.3 Å². The van der Waals surface area contributed by atoms with Crippen LogP contribution in [0.4, 0.5) is 0 Å². The van der Waals surface area contributed by atoms with Crippen molar-refractivity contribution in [1.29, 1.82) is 0 Å². The number of aromatic nitrogens is 1. The van der Waals surface area contributed by atoms with Crippen molar-refractivity contribution in [2.75, 3.05) is 39.3 Å². The molecule has 24 heavy (non-hydrogen) atoms. The van der Waals surface area contributed by atoms with Gasteiger partial charge in [-0.25, -0.2) is 0 Å². The lowest BCUT2D eigenvalue weighted by molar-refractivity contribution is 0.170. The zero-order valence-corrected chi connectivity index (χ0v) is 14.2. The average molecular weight is 322 g/mol. The first-order valence-electron chi connectivity index (χ1n) is 9.06. The number of nitrogens with zero attached hydrogens (tertiary/aromatic N) is 3. The fraction of sp³-hybridized carbons (Fsp3) is 0.450. The Morgan fingerprint density at radius 1 is 1.04 bits per heavy atom. The van der Waals surface area contributed by atoms with Gasteiger partial charge in [-0.3, -0.25) is 14.8 Å². The number of nitrogens with one attached hydrogen (secondary N) is 1. The molecule has 0 saturated carbocycles. The van der Waals surface area contributed by atoms with Crippen LogP contribution in [0.3, 0.4) is 0 Å². The van der Waals surface area contributed by atoms with E-state index in [2.05, 4.69) is 50.4 Å². The molecule has 0 spiro atoms. The van der Waals surface area contributed by atoms with Crippen LogP contribution in [-0.2, 0) is 6.54 Å². The second-order valence-corrected chi connectivity index (χ2v) is 6.88. The van der Waals surface area contributed by atoms with Crippen molar-refractivity contribution in [3.63, 3.8) is 0 Å². The zero-order chi connectivity index (χ0) is 16.2. The summed E-state index contributed by atoms with van der Waals surface area (Å²) in [7, 11) is 0. The Hall–Kier alpha value is -1.75. The summed E-state index contributed by atoms with van der Waals surface area (Å²) in [6.45, 7) is 8.14. The average Bonchev–Trinajstić information content (AvgIpc) is 3.12. The lowest BCUT2D eigenvalue weighted by Gasteiger charge is -2.32. The summed E-state index contributed by atoms with van der Waals surface area (Å²) < 4.78 is 0. The highest BCUT2D eigenvalue weighted by Gasteiger charge is 2.28. The van der Waals surface area contributed by atoms with E-state index in [9.17, 15) is 0 Å². The van der Waals surface area contributed by atoms with E-state index in [-0.39, 0.29) is 0 Å². The molecule has 2 saturated heterocycles. The molecular weight excluding hydrogens is 296 g/mol. The van der Waals surface area contributed by atoms with Gasteiger partial charge in [0.05, 0.1) is 5.69 Å². The van der Waals surface area contributed by atoms with Gasteiger partial charge in [0.15, 0.2) is 0 Å². The molecule has 3 heterocycles. The number of pyridine rings is 1. The molecule has 0 radical (unpaired) electrons. The number of benzene rings is 1. The Labute approximate surface area is 144 Å². The molecule has 4 nitrogen and oxygen atoms in total. The van der Waals surface area contributed by atoms with Crippen LogP contribution in [0.2, 0.25) is 0 Å². The molecule has 1 unspecified atom stereocenters. The highest BCUT2D eigenvalue weighted by atomic mass is 15.3. The van der Waals surface area contributed by atoms with Crippen LogP contribution in [0, 0.1) is 0 Å². The molecule has 4 heteroatoms. The van der Waals surface area contributed by atoms with E-state index in [4.69, 9.17) is 0 Å². The zero-order valence-electron chi connectivity index (χ0n) is 14.2. The van der Waals surface area contributed by atoms with Crippen LogP contribution in [-0.4, -0.2) is 60.1 Å². The predicted molar refractivity (Wildman–Crippen MR) is 97.8 cm³/mol. The predicted octanol–water partition coefficient (Wildman–Crippen LogP) is 2.23. The van der Waals surface area contributed by atoms with Gasteiger partial charge >= 0.3 is 0 Å². The summed E-state index contributed by atoms with van der Waals surface area (Å²) in [4.78, 5) is 9.74. The van der Waals surface area contributed by atoms with E-state index in [0.29, 0.717) is 0 Å². The summed E-state index contributed by atoms with van der Waals surface area (Å²) >= 11 is 0. The maximum Gasteiger partial charge on any atom is 0.0702 e. The third-order valence-electron chi connectivity index (χ3n) is 5.21. The van der Waals surface area contributed by atoms with E-state index in [1.807, 2.05) is 18.3 Å². The summed E-state index contributed by atoms with van der Waals surface area (Å²) in [5, 5.41) is 3.45. The molecule has 2 aliphatic heterocycles. The number of piperazine rings is 1. The molecule has 0 bridgehead atoms. The maximum absolute atomic E-state index is 4.47. The highest BCUT2D eigenvalue weighted by molar-refractivity contribution is 5.59. The largest absolute Gasteiger partial charge is 0.314 e. The summed E-state index contributed by atoms with van der Waals surface area (Å²) in [6, 6.07) is 15.7. The molecule has 4 rings (SSSR count). The van der Waals surface area contributed by atoms with Gasteiger partial charge in [-0.2, -0.15) is 0 Å². The van der Waals surface area contributed by atoms with Crippen molar-refractivity contribution in [2.45, 2.75) is 19.0 Å². The van der Waals surface area contributed by atoms with Crippen molar-refractivity contribution in [1.82, 2.24) is 20.1 Å². The molecule has 1 atom stereocenters. The van der Waals surface area contributed by atoms with Gasteiger partial charge in [0.2, 0.25) is 0 Å². The minimum atomic E-state index is 0.742. The first kappa shape index (κ1) is 15.8. The van der Waals surface area contributed by atoms with E-state index < -0.39 is 0 Å². The molecular formula is C20H26N4. The minimum absolute atomic E-state index is 0.742. The molecule has 126 valence electrons. The van der Waals surface area contributed by atoms with Crippen molar-refractivity contribution >= 4 is 0 Å². The molecule has 2 aromatic rings. The van der Waals surface area contributed by atoms with Gasteiger partial charge in [0, 0.05) is 63.6 Å². The first-order chi connectivity index (χ1) is 11.9. The van der Waals surface area contributed by atoms with Crippen molar-refractivity contribution in [3.8, 4) is 11.3 Å². The maximum atomic E-state index is 4.47. The normalized spacial score (nSPS) is 22.8. The van der Waals surface area contributed by atoms with Crippen LogP contribution in [0.5, 0.6) is 0 Å². The Morgan fingerprint density at radius 3 is 2.79 bits per heavy atom. The van der Waals surface area contributed by atoms with Gasteiger partial charge < -0.3 is 5.32 Å². The van der Waals surface area contributed by atoms with Crippen molar-refractivity contribution in [3.05, 3.63) is 54.2 Å². The quantitative estimate of drug-likeness (QED) is 0.935. The Kier molecular flexibility index (Phi) is 4.88. The number of hydrogen-bond acceptors (Lipinski definition) is 4. The second kappa shape index (κ2) is 7.43. The Balaban J connectivity index is 1.39. The highest BCUT2D eigenvalue weighted by Crippen LogP contribution is 2.22. The fourth-order valence-electron chi connectivity index (χ4n) is 3.92. The Morgan fingerprint density at radius 2 is 1.96 bits per heavy atom. The topological polar surface area (TPSA) is 31.4 Å². The SMILES string of the molecule is c1ccc(-c2cccc(CN3CCC(N4CCNCC4)C3)c2)nc1. The number of hydrogen-bond donors (Lipinski definition) is 1. The third kappa shape index (κ3) is 3.66. The molecule has 1 aromatic heterocycles. The van der Waals surface area contributed by atoms with Crippen LogP contribution in [0.1, 0.15) is 12.0 Å². The van der Waals surface area contributed by atoms with Gasteiger partial charge in [-0.05, 0) is 30.2 Å². The van der Waals surface area contributed by atoms with E-state index >= 15 is 0 Å². The lowest BCUT2D eigenvalue weighted by Crippen LogP contribution is -2.49. The first-order valence-corrected chi connectivity index (χ1v) is 9.06. The molecule has 0 amide bonds. The Bertz CT molecular complexity index is 652. The van der Waals surface area contributed by atoms with Crippen LogP contribution in [0.15, 0.2) is 48.7 Å². The van der Waals surface area contributed by atoms with Gasteiger partial charge in [0.25, 0.3) is 0 Å². The van der Waals surface area contributed by atoms with E-state index in [1.165, 1.54) is 43.7 Å². The monoisotopic (exact) mass is 322 g/mol. The molecule has 2 aliphatic rings. The molecule has 2 fully saturated rings. The van der Waals surface area contributed by atoms with Gasteiger partial charge in [0.1, 0.15) is 0 Å². The summed E-state index contributed by atoms with van der Waals surface area (Å²) in [5.74, 6) is 0. The minimum Gasteiger partial charge on any atom is -0.314 e. The van der Waals surface area contributed by atoms with Gasteiger partial charge in [-0.1, -0.05) is 24.3 Å². The molecule has 0 aliphatic carbocycles. The number of rotatable bonds is 4. The second-order valence-electron chi connectivity index (χ2n) is 6.88. The summed E-state index contributed by atoms with van der Waals surface area (Å²) in [5.41, 5.74) is 3.66. The van der Waals surface area contributed by atoms with Crippen molar-refractivity contribution < 1.29 is 0 Å². The fourth-order valence-corrected chi connectivity index (χ4v) is 3.92. The smallest absolute Gasteiger partial charge is 0.0702 e. The molecule has 1 N–H and O–H groups in total. The van der Waals surface area contributed by atoms with Crippen LogP contribution >= 0.6 is 0 Å². The van der Waals surface area contributed by atoms with Crippen molar-refractivity contribution in [2.24, 2.45) is 0 Å². The number of likely N-dealkylation sites (tertiary alicyclic amines) is 1. The van der Waals surface area contributed by atoms with Gasteiger partial charge in [-0.15, -0.1) is 0 Å². The lowest BCUT2D eigenvalue weighted by atomic mass is 10.1. The van der Waals surface area contributed by atoms with E-state index in [0.717, 1.165) is 31.4 Å². The van der Waals surface area contributed by atoms with Crippen LogP contribution < -0.4 is 5.32 Å². The molecule has 1 aromatic carbocycles. The standard InChI is InChI=1S/C20H26N4/c1-2-8-22-20(6-1)18-5-3-4-17(14-18)15-23-11-7-19(16-23)24-12-9-21-10-13-24/h1-6,8,14,19,21H,7,9-13,15-16H2. The van der Waals surface area contributed by atoms with E-state index in [1.54, 1.807) is 0 Å². The summed E-state index contributed by atoms with van der Waals surface area (Å²) in [6.07, 6.45) is 3.17.